The molecule has 28 heavy (non-hydrogen) atoms. The van der Waals surface area contributed by atoms with Gasteiger partial charge in [0.25, 0.3) is 0 Å². The van der Waals surface area contributed by atoms with Gasteiger partial charge in [0.05, 0.1) is 6.04 Å². The minimum absolute atomic E-state index is 0.00219. The van der Waals surface area contributed by atoms with Crippen LogP contribution in [-0.2, 0) is 9.22 Å². The number of aliphatic carboxylic acids is 1. The minimum atomic E-state index is -2.26. The van der Waals surface area contributed by atoms with E-state index in [-0.39, 0.29) is 18.2 Å². The highest BCUT2D eigenvalue weighted by molar-refractivity contribution is 6.74. The molecule has 10 nitrogen and oxygen atoms in total. The smallest absolute Gasteiger partial charge is 0.335 e. The first-order valence-corrected chi connectivity index (χ1v) is 11.6. The zero-order valence-corrected chi connectivity index (χ0v) is 17.7. The zero-order chi connectivity index (χ0) is 21.4. The van der Waals surface area contributed by atoms with Gasteiger partial charge < -0.3 is 14.3 Å². The molecule has 0 saturated heterocycles. The monoisotopic (exact) mass is 406 g/mol. The number of carboxylic acids is 1. The van der Waals surface area contributed by atoms with Gasteiger partial charge in [0, 0.05) is 16.4 Å². The first kappa shape index (κ1) is 23.3. The number of carboxylic acid groups (broad SMARTS) is 1. The lowest BCUT2D eigenvalue weighted by atomic mass is 10.1. The van der Waals surface area contributed by atoms with Crippen molar-refractivity contribution in [2.45, 2.75) is 51.0 Å². The van der Waals surface area contributed by atoms with Crippen molar-refractivity contribution in [1.29, 1.82) is 0 Å². The molecule has 0 saturated carbocycles. The lowest BCUT2D eigenvalue weighted by molar-refractivity contribution is -0.147. The van der Waals surface area contributed by atoms with Gasteiger partial charge in [-0.3, -0.25) is 0 Å². The summed E-state index contributed by atoms with van der Waals surface area (Å²) >= 11 is 0. The van der Waals surface area contributed by atoms with Crippen molar-refractivity contribution in [2.24, 2.45) is 10.2 Å². The van der Waals surface area contributed by atoms with Crippen LogP contribution in [0.2, 0.25) is 18.1 Å². The van der Waals surface area contributed by atoms with Crippen molar-refractivity contribution in [3.63, 3.8) is 0 Å². The van der Waals surface area contributed by atoms with E-state index in [1.54, 1.807) is 24.3 Å². The number of carbonyl (C=O) groups is 1. The summed E-state index contributed by atoms with van der Waals surface area (Å²) in [4.78, 5) is 17.0. The maximum Gasteiger partial charge on any atom is 0.335 e. The van der Waals surface area contributed by atoms with Crippen LogP contribution in [0.4, 0.5) is 0 Å². The first-order valence-electron chi connectivity index (χ1n) is 8.70. The summed E-state index contributed by atoms with van der Waals surface area (Å²) in [5.74, 6) is -0.614. The Morgan fingerprint density at radius 2 is 1.82 bits per heavy atom. The molecule has 0 spiro atoms. The summed E-state index contributed by atoms with van der Waals surface area (Å²) < 4.78 is 11.5. The van der Waals surface area contributed by atoms with Crippen LogP contribution in [0.3, 0.4) is 0 Å². The van der Waals surface area contributed by atoms with Crippen molar-refractivity contribution >= 4 is 14.3 Å². The van der Waals surface area contributed by atoms with Crippen molar-refractivity contribution in [3.8, 4) is 5.75 Å². The van der Waals surface area contributed by atoms with Gasteiger partial charge in [0.15, 0.2) is 14.4 Å². The quantitative estimate of drug-likeness (QED) is 0.245. The van der Waals surface area contributed by atoms with Crippen molar-refractivity contribution in [1.82, 2.24) is 0 Å². The third-order valence-electron chi connectivity index (χ3n) is 4.69. The van der Waals surface area contributed by atoms with Crippen molar-refractivity contribution in [3.05, 3.63) is 50.7 Å². The van der Waals surface area contributed by atoms with E-state index in [1.807, 2.05) is 33.9 Å². The number of azide groups is 2. The predicted molar refractivity (Wildman–Crippen MR) is 108 cm³/mol. The summed E-state index contributed by atoms with van der Waals surface area (Å²) in [6.07, 6.45) is -1.07. The van der Waals surface area contributed by atoms with Crippen LogP contribution in [0.5, 0.6) is 5.75 Å². The molecule has 0 amide bonds. The summed E-state index contributed by atoms with van der Waals surface area (Å²) in [5, 5.41) is 16.4. The van der Waals surface area contributed by atoms with Crippen LogP contribution in [0, 0.1) is 0 Å². The lowest BCUT2D eigenvalue weighted by Crippen LogP contribution is -2.47. The predicted octanol–water partition coefficient (Wildman–Crippen LogP) is 5.20. The molecule has 1 aromatic carbocycles. The average Bonchev–Trinajstić information content (AvgIpc) is 2.61. The van der Waals surface area contributed by atoms with Gasteiger partial charge in [-0.05, 0) is 46.9 Å². The number of benzene rings is 1. The second-order valence-corrected chi connectivity index (χ2v) is 12.5. The molecule has 0 aromatic heterocycles. The Morgan fingerprint density at radius 1 is 1.21 bits per heavy atom. The van der Waals surface area contributed by atoms with Crippen LogP contribution in [0.25, 0.3) is 20.9 Å². The molecule has 0 radical (unpaired) electrons. The van der Waals surface area contributed by atoms with Gasteiger partial charge in [0.2, 0.25) is 0 Å². The molecule has 2 atom stereocenters. The Kier molecular flexibility index (Phi) is 8.33. The molecular weight excluding hydrogens is 380 g/mol. The van der Waals surface area contributed by atoms with Crippen LogP contribution in [-0.4, -0.2) is 38.6 Å². The summed E-state index contributed by atoms with van der Waals surface area (Å²) in [6.45, 7) is 9.95. The molecule has 11 heteroatoms. The highest BCUT2D eigenvalue weighted by atomic mass is 28.4. The highest BCUT2D eigenvalue weighted by Gasteiger charge is 2.41. The standard InChI is InChI=1S/C17H26N6O4Si/c1-17(2,3)28(4,5)27-15(16(24)25)11-26-13-8-6-12(7-9-13)14(21-23-19)10-20-22-18/h6-9,14-15H,10-11H2,1-5H3,(H,24,25). The van der Waals surface area contributed by atoms with Crippen molar-refractivity contribution < 1.29 is 19.1 Å². The van der Waals surface area contributed by atoms with E-state index in [0.29, 0.717) is 11.3 Å². The van der Waals surface area contributed by atoms with Gasteiger partial charge in [-0.15, -0.1) is 0 Å². The highest BCUT2D eigenvalue weighted by Crippen LogP contribution is 2.37. The van der Waals surface area contributed by atoms with E-state index in [4.69, 9.17) is 20.2 Å². The maximum absolute atomic E-state index is 11.6. The molecule has 1 N–H and O–H groups in total. The van der Waals surface area contributed by atoms with E-state index in [1.165, 1.54) is 0 Å². The molecule has 0 heterocycles. The van der Waals surface area contributed by atoms with Gasteiger partial charge in [-0.1, -0.05) is 43.1 Å². The van der Waals surface area contributed by atoms with Crippen LogP contribution >= 0.6 is 0 Å². The van der Waals surface area contributed by atoms with Gasteiger partial charge in [0.1, 0.15) is 12.4 Å². The Morgan fingerprint density at radius 3 is 2.29 bits per heavy atom. The first-order chi connectivity index (χ1) is 13.0. The molecule has 1 aromatic rings. The SMILES string of the molecule is CC(C)(C)[Si](C)(C)OC(COc1ccc(C(CN=[N+]=[N-])N=[N+]=[N-])cc1)C(=O)O. The summed E-state index contributed by atoms with van der Waals surface area (Å²) in [7, 11) is -2.26. The van der Waals surface area contributed by atoms with Crippen LogP contribution in [0.15, 0.2) is 34.5 Å². The molecule has 152 valence electrons. The molecule has 0 aliphatic carbocycles. The van der Waals surface area contributed by atoms with Gasteiger partial charge in [-0.25, -0.2) is 4.79 Å². The molecule has 2 unspecified atom stereocenters. The Labute approximate surface area is 164 Å². The van der Waals surface area contributed by atoms with E-state index in [9.17, 15) is 9.90 Å². The molecule has 0 aliphatic heterocycles. The molecule has 0 bridgehead atoms. The van der Waals surface area contributed by atoms with Crippen LogP contribution < -0.4 is 4.74 Å². The fraction of sp³-hybridized carbons (Fsp3) is 0.588. The number of hydrogen-bond acceptors (Lipinski definition) is 5. The Bertz CT molecular complexity index is 765. The van der Waals surface area contributed by atoms with Gasteiger partial charge >= 0.3 is 5.97 Å². The number of nitrogens with zero attached hydrogens (tertiary/aromatic N) is 6. The Balaban J connectivity index is 2.83. The summed E-state index contributed by atoms with van der Waals surface area (Å²) in [6, 6.07) is 5.99. The normalized spacial score (nSPS) is 13.6. The average molecular weight is 407 g/mol. The molecule has 0 fully saturated rings. The number of ether oxygens (including phenoxy) is 1. The molecule has 0 aliphatic rings. The van der Waals surface area contributed by atoms with Crippen molar-refractivity contribution in [2.75, 3.05) is 13.2 Å². The van der Waals surface area contributed by atoms with Gasteiger partial charge in [-0.2, -0.15) is 0 Å². The van der Waals surface area contributed by atoms with Crippen LogP contribution in [0.1, 0.15) is 32.4 Å². The number of hydrogen-bond donors (Lipinski definition) is 1. The maximum atomic E-state index is 11.6. The lowest BCUT2D eigenvalue weighted by Gasteiger charge is -2.38. The van der Waals surface area contributed by atoms with E-state index in [0.717, 1.165) is 0 Å². The third-order valence-corrected chi connectivity index (χ3v) is 9.18. The Hall–Kier alpha value is -2.71. The second-order valence-electron chi connectivity index (χ2n) is 7.72. The second kappa shape index (κ2) is 10.0. The minimum Gasteiger partial charge on any atom is -0.490 e. The number of rotatable bonds is 10. The van der Waals surface area contributed by atoms with E-state index in [2.05, 4.69) is 20.1 Å². The fourth-order valence-electron chi connectivity index (χ4n) is 2.03. The zero-order valence-electron chi connectivity index (χ0n) is 16.7. The van der Waals surface area contributed by atoms with E-state index < -0.39 is 26.4 Å². The molecule has 1 rings (SSSR count). The fourth-order valence-corrected chi connectivity index (χ4v) is 3.26. The molecular formula is C17H26N6O4Si. The van der Waals surface area contributed by atoms with E-state index >= 15 is 0 Å². The third kappa shape index (κ3) is 6.79. The topological polar surface area (TPSA) is 153 Å². The summed E-state index contributed by atoms with van der Waals surface area (Å²) in [5.41, 5.74) is 17.7. The largest absolute Gasteiger partial charge is 0.490 e.